The van der Waals surface area contributed by atoms with Gasteiger partial charge >= 0.3 is 0 Å². The Morgan fingerprint density at radius 3 is 2.77 bits per heavy atom. The minimum absolute atomic E-state index is 0.0736. The van der Waals surface area contributed by atoms with Crippen molar-refractivity contribution in [2.45, 2.75) is 65.8 Å². The fraction of sp³-hybridized carbons (Fsp3) is 0.750. The van der Waals surface area contributed by atoms with Crippen molar-refractivity contribution in [3.05, 3.63) is 17.5 Å². The lowest BCUT2D eigenvalue weighted by molar-refractivity contribution is -0.139. The first kappa shape index (κ1) is 18.9. The van der Waals surface area contributed by atoms with E-state index < -0.39 is 0 Å². The van der Waals surface area contributed by atoms with Gasteiger partial charge in [-0.25, -0.2) is 0 Å². The van der Waals surface area contributed by atoms with Gasteiger partial charge in [-0.1, -0.05) is 13.3 Å². The van der Waals surface area contributed by atoms with Crippen LogP contribution >= 0.6 is 0 Å². The van der Waals surface area contributed by atoms with Crippen molar-refractivity contribution in [2.24, 2.45) is 5.41 Å². The normalized spacial score (nSPS) is 23.7. The third-order valence-corrected chi connectivity index (χ3v) is 6.11. The summed E-state index contributed by atoms with van der Waals surface area (Å²) >= 11 is 0. The van der Waals surface area contributed by atoms with E-state index in [1.807, 2.05) is 28.3 Å². The average molecular weight is 361 g/mol. The first-order valence-electron chi connectivity index (χ1n) is 10.1. The summed E-state index contributed by atoms with van der Waals surface area (Å²) in [5.74, 6) is 0.380. The maximum absolute atomic E-state index is 13.1. The molecule has 0 saturated carbocycles. The van der Waals surface area contributed by atoms with Crippen LogP contribution < -0.4 is 0 Å². The Morgan fingerprint density at radius 1 is 1.27 bits per heavy atom. The molecule has 2 saturated heterocycles. The highest BCUT2D eigenvalue weighted by Crippen LogP contribution is 2.39. The molecule has 26 heavy (non-hydrogen) atoms. The van der Waals surface area contributed by atoms with Gasteiger partial charge in [0.1, 0.15) is 0 Å². The maximum atomic E-state index is 13.1. The van der Waals surface area contributed by atoms with Crippen LogP contribution in [0, 0.1) is 12.3 Å². The summed E-state index contributed by atoms with van der Waals surface area (Å²) in [5, 5.41) is 4.33. The smallest absolute Gasteiger partial charge is 0.257 e. The second kappa shape index (κ2) is 7.80. The number of nitrogens with zero attached hydrogens (tertiary/aromatic N) is 4. The Morgan fingerprint density at radius 2 is 2.08 bits per heavy atom. The van der Waals surface area contributed by atoms with Gasteiger partial charge in [-0.15, -0.1) is 0 Å². The van der Waals surface area contributed by atoms with Crippen LogP contribution in [-0.4, -0.2) is 57.6 Å². The molecule has 0 unspecified atom stereocenters. The van der Waals surface area contributed by atoms with Crippen LogP contribution in [0.5, 0.6) is 0 Å². The molecule has 0 radical (unpaired) electrons. The van der Waals surface area contributed by atoms with Gasteiger partial charge in [0.15, 0.2) is 0 Å². The molecule has 0 aliphatic carbocycles. The number of aryl methyl sites for hydroxylation is 1. The monoisotopic (exact) mass is 360 g/mol. The van der Waals surface area contributed by atoms with E-state index in [-0.39, 0.29) is 17.2 Å². The summed E-state index contributed by atoms with van der Waals surface area (Å²) in [6.45, 7) is 10.2. The van der Waals surface area contributed by atoms with Crippen molar-refractivity contribution in [3.63, 3.8) is 0 Å². The Labute approximate surface area is 156 Å². The van der Waals surface area contributed by atoms with Crippen molar-refractivity contribution in [2.75, 3.05) is 26.2 Å². The second-order valence-electron chi connectivity index (χ2n) is 7.96. The Balaban J connectivity index is 1.73. The van der Waals surface area contributed by atoms with E-state index in [1.165, 1.54) is 0 Å². The molecule has 3 rings (SSSR count). The number of hydrogen-bond acceptors (Lipinski definition) is 3. The summed E-state index contributed by atoms with van der Waals surface area (Å²) in [6, 6.07) is 0. The summed E-state index contributed by atoms with van der Waals surface area (Å²) in [7, 11) is 0. The van der Waals surface area contributed by atoms with E-state index in [9.17, 15) is 9.59 Å². The van der Waals surface area contributed by atoms with E-state index >= 15 is 0 Å². The SMILES string of the molecule is CCCCN1C[C@]2(CCCN(C(=O)c3cnn(CC)c3C)C2)CCC1=O. The van der Waals surface area contributed by atoms with Gasteiger partial charge in [0.2, 0.25) is 5.91 Å². The third-order valence-electron chi connectivity index (χ3n) is 6.11. The molecule has 1 atom stereocenters. The second-order valence-corrected chi connectivity index (χ2v) is 7.96. The highest BCUT2D eigenvalue weighted by atomic mass is 16.2. The summed E-state index contributed by atoms with van der Waals surface area (Å²) in [6.07, 6.45) is 7.52. The molecule has 3 heterocycles. The molecule has 0 aromatic carbocycles. The number of hydrogen-bond donors (Lipinski definition) is 0. The molecule has 2 aliphatic rings. The number of carbonyl (C=O) groups excluding carboxylic acids is 2. The molecule has 1 spiro atoms. The van der Waals surface area contributed by atoms with E-state index in [0.717, 1.165) is 76.1 Å². The minimum Gasteiger partial charge on any atom is -0.342 e. The van der Waals surface area contributed by atoms with Gasteiger partial charge in [-0.05, 0) is 39.5 Å². The average Bonchev–Trinajstić information content (AvgIpc) is 3.02. The number of amides is 2. The van der Waals surface area contributed by atoms with Crippen LogP contribution in [0.2, 0.25) is 0 Å². The lowest BCUT2D eigenvalue weighted by Gasteiger charge is -2.48. The van der Waals surface area contributed by atoms with Gasteiger partial charge < -0.3 is 9.80 Å². The van der Waals surface area contributed by atoms with E-state index in [0.29, 0.717) is 6.42 Å². The molecule has 1 aromatic heterocycles. The van der Waals surface area contributed by atoms with E-state index in [2.05, 4.69) is 12.0 Å². The molecule has 2 fully saturated rings. The van der Waals surface area contributed by atoms with Crippen LogP contribution in [-0.2, 0) is 11.3 Å². The van der Waals surface area contributed by atoms with Gasteiger partial charge in [0.25, 0.3) is 5.91 Å². The van der Waals surface area contributed by atoms with Crippen LogP contribution in [0.15, 0.2) is 6.20 Å². The van der Waals surface area contributed by atoms with Crippen molar-refractivity contribution in [1.82, 2.24) is 19.6 Å². The summed E-state index contributed by atoms with van der Waals surface area (Å²) in [5.41, 5.74) is 1.74. The highest BCUT2D eigenvalue weighted by Gasteiger charge is 2.42. The Kier molecular flexibility index (Phi) is 5.68. The molecule has 0 bridgehead atoms. The van der Waals surface area contributed by atoms with E-state index in [4.69, 9.17) is 0 Å². The van der Waals surface area contributed by atoms with Gasteiger partial charge in [0, 0.05) is 50.3 Å². The zero-order valence-electron chi connectivity index (χ0n) is 16.5. The first-order valence-corrected chi connectivity index (χ1v) is 10.1. The van der Waals surface area contributed by atoms with Crippen molar-refractivity contribution in [3.8, 4) is 0 Å². The maximum Gasteiger partial charge on any atom is 0.257 e. The fourth-order valence-corrected chi connectivity index (χ4v) is 4.52. The lowest BCUT2D eigenvalue weighted by Crippen LogP contribution is -2.55. The molecule has 6 heteroatoms. The van der Waals surface area contributed by atoms with Gasteiger partial charge in [-0.3, -0.25) is 14.3 Å². The van der Waals surface area contributed by atoms with Crippen LogP contribution in [0.25, 0.3) is 0 Å². The number of rotatable bonds is 5. The lowest BCUT2D eigenvalue weighted by atomic mass is 9.73. The molecule has 0 N–H and O–H groups in total. The standard InChI is InChI=1S/C20H32N4O2/c1-4-6-11-22-14-20(10-8-18(22)25)9-7-12-23(15-20)19(26)17-13-21-24(5-2)16(17)3/h13H,4-12,14-15H2,1-3H3/t20-/m0/s1. The molecular formula is C20H32N4O2. The summed E-state index contributed by atoms with van der Waals surface area (Å²) in [4.78, 5) is 29.4. The first-order chi connectivity index (χ1) is 12.5. The molecule has 6 nitrogen and oxygen atoms in total. The Bertz CT molecular complexity index is 669. The van der Waals surface area contributed by atoms with Crippen LogP contribution in [0.3, 0.4) is 0 Å². The van der Waals surface area contributed by atoms with Gasteiger partial charge in [0.05, 0.1) is 11.8 Å². The molecule has 2 aliphatic heterocycles. The molecule has 1 aromatic rings. The molecule has 144 valence electrons. The van der Waals surface area contributed by atoms with Crippen LogP contribution in [0.1, 0.15) is 68.4 Å². The van der Waals surface area contributed by atoms with Crippen molar-refractivity contribution < 1.29 is 9.59 Å². The number of piperidine rings is 2. The number of carbonyl (C=O) groups is 2. The van der Waals surface area contributed by atoms with E-state index in [1.54, 1.807) is 6.20 Å². The number of unbranched alkanes of at least 4 members (excludes halogenated alkanes) is 1. The van der Waals surface area contributed by atoms with Gasteiger partial charge in [-0.2, -0.15) is 5.10 Å². The van der Waals surface area contributed by atoms with Crippen LogP contribution in [0.4, 0.5) is 0 Å². The zero-order valence-corrected chi connectivity index (χ0v) is 16.5. The van der Waals surface area contributed by atoms with Crippen molar-refractivity contribution in [1.29, 1.82) is 0 Å². The Hall–Kier alpha value is -1.85. The molecular weight excluding hydrogens is 328 g/mol. The molecule has 2 amide bonds. The number of aromatic nitrogens is 2. The quantitative estimate of drug-likeness (QED) is 0.811. The zero-order chi connectivity index (χ0) is 18.7. The fourth-order valence-electron chi connectivity index (χ4n) is 4.52. The predicted octanol–water partition coefficient (Wildman–Crippen LogP) is 2.86. The highest BCUT2D eigenvalue weighted by molar-refractivity contribution is 5.95. The third kappa shape index (κ3) is 3.64. The topological polar surface area (TPSA) is 58.4 Å². The largest absolute Gasteiger partial charge is 0.342 e. The predicted molar refractivity (Wildman–Crippen MR) is 101 cm³/mol. The minimum atomic E-state index is 0.0736. The van der Waals surface area contributed by atoms with Crippen molar-refractivity contribution >= 4 is 11.8 Å². The number of likely N-dealkylation sites (tertiary alicyclic amines) is 2. The summed E-state index contributed by atoms with van der Waals surface area (Å²) < 4.78 is 1.87.